The fraction of sp³-hybridized carbons (Fsp3) is 0.375. The van der Waals surface area contributed by atoms with Crippen LogP contribution in [0, 0.1) is 0 Å². The van der Waals surface area contributed by atoms with Crippen molar-refractivity contribution in [3.8, 4) is 5.75 Å². The van der Waals surface area contributed by atoms with Crippen molar-refractivity contribution in [3.05, 3.63) is 32.6 Å². The van der Waals surface area contributed by atoms with Crippen molar-refractivity contribution in [1.82, 2.24) is 4.90 Å². The average molecular weight is 388 g/mol. The smallest absolute Gasteiger partial charge is 0.266 e. The van der Waals surface area contributed by atoms with Gasteiger partial charge >= 0.3 is 0 Å². The van der Waals surface area contributed by atoms with Crippen LogP contribution in [0.2, 0.25) is 10.0 Å². The number of aromatic hydroxyl groups is 1. The molecule has 3 rings (SSSR count). The third-order valence-electron chi connectivity index (χ3n) is 4.11. The first kappa shape index (κ1) is 17.1. The number of phenols is 1. The minimum Gasteiger partial charge on any atom is -0.506 e. The van der Waals surface area contributed by atoms with Gasteiger partial charge in [0.25, 0.3) is 5.91 Å². The van der Waals surface area contributed by atoms with Gasteiger partial charge in [-0.2, -0.15) is 0 Å². The van der Waals surface area contributed by atoms with Crippen LogP contribution in [-0.2, 0) is 4.79 Å². The van der Waals surface area contributed by atoms with Crippen LogP contribution >= 0.6 is 47.2 Å². The monoisotopic (exact) mass is 387 g/mol. The summed E-state index contributed by atoms with van der Waals surface area (Å²) in [4.78, 5) is 14.9. The summed E-state index contributed by atoms with van der Waals surface area (Å²) < 4.78 is 0.584. The summed E-state index contributed by atoms with van der Waals surface area (Å²) in [6.07, 6.45) is 7.07. The van der Waals surface area contributed by atoms with E-state index in [1.165, 1.54) is 24.2 Å². The average Bonchev–Trinajstić information content (AvgIpc) is 2.79. The molecule has 1 aromatic rings. The Morgan fingerprint density at radius 3 is 2.65 bits per heavy atom. The molecule has 23 heavy (non-hydrogen) atoms. The number of carbonyl (C=O) groups is 1. The lowest BCUT2D eigenvalue weighted by Gasteiger charge is -2.29. The van der Waals surface area contributed by atoms with Crippen molar-refractivity contribution in [3.63, 3.8) is 0 Å². The maximum Gasteiger partial charge on any atom is 0.266 e. The van der Waals surface area contributed by atoms with Crippen LogP contribution in [0.4, 0.5) is 0 Å². The number of phenolic OH excluding ortho intramolecular Hbond substituents is 1. The van der Waals surface area contributed by atoms with Gasteiger partial charge < -0.3 is 5.11 Å². The van der Waals surface area contributed by atoms with Gasteiger partial charge in [-0.3, -0.25) is 9.69 Å². The number of rotatable bonds is 2. The van der Waals surface area contributed by atoms with Crippen molar-refractivity contribution in [2.45, 2.75) is 38.1 Å². The van der Waals surface area contributed by atoms with Crippen LogP contribution in [0.1, 0.15) is 37.7 Å². The molecule has 1 saturated carbocycles. The Morgan fingerprint density at radius 1 is 1.26 bits per heavy atom. The van der Waals surface area contributed by atoms with E-state index in [1.807, 2.05) is 0 Å². The van der Waals surface area contributed by atoms with Gasteiger partial charge in [0, 0.05) is 16.6 Å². The largest absolute Gasteiger partial charge is 0.506 e. The Hall–Kier alpha value is -0.750. The zero-order chi connectivity index (χ0) is 16.6. The summed E-state index contributed by atoms with van der Waals surface area (Å²) in [7, 11) is 0. The molecule has 7 heteroatoms. The number of thioether (sulfide) groups is 1. The molecule has 3 nitrogen and oxygen atoms in total. The summed E-state index contributed by atoms with van der Waals surface area (Å²) in [6, 6.07) is 3.23. The number of hydrogen-bond donors (Lipinski definition) is 1. The van der Waals surface area contributed by atoms with Gasteiger partial charge in [0.1, 0.15) is 10.1 Å². The molecule has 1 saturated heterocycles. The Morgan fingerprint density at radius 2 is 1.96 bits per heavy atom. The highest BCUT2D eigenvalue weighted by atomic mass is 35.5. The Labute approximate surface area is 154 Å². The third-order valence-corrected chi connectivity index (χ3v) is 5.94. The topological polar surface area (TPSA) is 40.5 Å². The number of hydrogen-bond acceptors (Lipinski definition) is 4. The second-order valence-electron chi connectivity index (χ2n) is 5.67. The highest BCUT2D eigenvalue weighted by molar-refractivity contribution is 8.26. The van der Waals surface area contributed by atoms with Gasteiger partial charge in [0.2, 0.25) is 0 Å². The lowest BCUT2D eigenvalue weighted by atomic mass is 9.94. The number of benzene rings is 1. The molecule has 0 atom stereocenters. The molecule has 0 radical (unpaired) electrons. The van der Waals surface area contributed by atoms with Gasteiger partial charge in [-0.25, -0.2) is 0 Å². The SMILES string of the molecule is O=C1/C(=C\c2cc(Cl)cc(Cl)c2O)SC(=S)N1C1CCCCC1. The van der Waals surface area contributed by atoms with Gasteiger partial charge in [-0.1, -0.05) is 66.4 Å². The van der Waals surface area contributed by atoms with Crippen molar-refractivity contribution < 1.29 is 9.90 Å². The number of nitrogens with zero attached hydrogens (tertiary/aromatic N) is 1. The normalized spacial score (nSPS) is 21.5. The van der Waals surface area contributed by atoms with E-state index in [1.54, 1.807) is 17.0 Å². The van der Waals surface area contributed by atoms with E-state index in [-0.39, 0.29) is 22.7 Å². The molecule has 0 spiro atoms. The first-order valence-corrected chi connectivity index (χ1v) is 9.40. The third kappa shape index (κ3) is 3.53. The minimum atomic E-state index is -0.0950. The lowest BCUT2D eigenvalue weighted by Crippen LogP contribution is -2.39. The molecule has 1 heterocycles. The standard InChI is InChI=1S/C16H15Cl2NO2S2/c17-10-6-9(14(20)12(18)8-10)7-13-15(21)19(16(22)23-13)11-4-2-1-3-5-11/h6-8,11,20H,1-5H2/b13-7+. The van der Waals surface area contributed by atoms with Crippen molar-refractivity contribution in [1.29, 1.82) is 0 Å². The summed E-state index contributed by atoms with van der Waals surface area (Å²) in [5, 5.41) is 10.6. The Balaban J connectivity index is 1.90. The highest BCUT2D eigenvalue weighted by Gasteiger charge is 2.37. The lowest BCUT2D eigenvalue weighted by molar-refractivity contribution is -0.124. The van der Waals surface area contributed by atoms with Gasteiger partial charge in [-0.05, 0) is 31.1 Å². The molecule has 0 bridgehead atoms. The van der Waals surface area contributed by atoms with Crippen LogP contribution in [0.5, 0.6) is 5.75 Å². The van der Waals surface area contributed by atoms with Crippen LogP contribution < -0.4 is 0 Å². The first-order valence-electron chi connectivity index (χ1n) is 7.42. The van der Waals surface area contributed by atoms with E-state index in [0.29, 0.717) is 19.8 Å². The molecule has 2 aliphatic rings. The molecule has 1 aliphatic carbocycles. The summed E-state index contributed by atoms with van der Waals surface area (Å²) in [6.45, 7) is 0. The molecule has 0 aromatic heterocycles. The van der Waals surface area contributed by atoms with Crippen molar-refractivity contribution >= 4 is 63.5 Å². The molecule has 1 N–H and O–H groups in total. The van der Waals surface area contributed by atoms with E-state index in [2.05, 4.69) is 0 Å². The zero-order valence-electron chi connectivity index (χ0n) is 12.2. The van der Waals surface area contributed by atoms with E-state index < -0.39 is 0 Å². The molecule has 0 unspecified atom stereocenters. The number of halogens is 2. The maximum absolute atomic E-state index is 12.7. The Kier molecular flexibility index (Phi) is 5.21. The zero-order valence-corrected chi connectivity index (χ0v) is 15.4. The second-order valence-corrected chi connectivity index (χ2v) is 8.19. The van der Waals surface area contributed by atoms with Crippen molar-refractivity contribution in [2.75, 3.05) is 0 Å². The fourth-order valence-corrected chi connectivity index (χ4v) is 4.87. The molecule has 1 aliphatic heterocycles. The number of thiocarbonyl (C=S) groups is 1. The van der Waals surface area contributed by atoms with E-state index in [4.69, 9.17) is 35.4 Å². The van der Waals surface area contributed by atoms with E-state index in [9.17, 15) is 9.90 Å². The summed E-state index contributed by atoms with van der Waals surface area (Å²) in [5.74, 6) is -0.179. The predicted octanol–water partition coefficient (Wildman–Crippen LogP) is 5.23. The van der Waals surface area contributed by atoms with Gasteiger partial charge in [0.15, 0.2) is 0 Å². The molecule has 122 valence electrons. The fourth-order valence-electron chi connectivity index (χ4n) is 2.97. The molecule has 2 fully saturated rings. The molecular weight excluding hydrogens is 373 g/mol. The van der Waals surface area contributed by atoms with Gasteiger partial charge in [-0.15, -0.1) is 0 Å². The molecule has 1 amide bonds. The van der Waals surface area contributed by atoms with Crippen LogP contribution in [0.15, 0.2) is 17.0 Å². The first-order chi connectivity index (χ1) is 11.0. The second kappa shape index (κ2) is 7.01. The van der Waals surface area contributed by atoms with Crippen LogP contribution in [-0.4, -0.2) is 26.3 Å². The highest BCUT2D eigenvalue weighted by Crippen LogP contribution is 2.39. The summed E-state index contributed by atoms with van der Waals surface area (Å²) >= 11 is 18.5. The van der Waals surface area contributed by atoms with Gasteiger partial charge in [0.05, 0.1) is 9.93 Å². The summed E-state index contributed by atoms with van der Waals surface area (Å²) in [5.41, 5.74) is 0.423. The Bertz CT molecular complexity index is 700. The molecular formula is C16H15Cl2NO2S2. The molecule has 1 aromatic carbocycles. The number of amides is 1. The maximum atomic E-state index is 12.7. The quantitative estimate of drug-likeness (QED) is 0.556. The van der Waals surface area contributed by atoms with E-state index >= 15 is 0 Å². The van der Waals surface area contributed by atoms with Crippen molar-refractivity contribution in [2.24, 2.45) is 0 Å². The van der Waals surface area contributed by atoms with Crippen LogP contribution in [0.3, 0.4) is 0 Å². The number of carbonyl (C=O) groups excluding carboxylic acids is 1. The minimum absolute atomic E-state index is 0.0843. The predicted molar refractivity (Wildman–Crippen MR) is 100 cm³/mol. The van der Waals surface area contributed by atoms with E-state index in [0.717, 1.165) is 25.7 Å². The van der Waals surface area contributed by atoms with Crippen LogP contribution in [0.25, 0.3) is 6.08 Å².